The van der Waals surface area contributed by atoms with Gasteiger partial charge in [-0.05, 0) is 35.8 Å². The molecule has 2 aromatic rings. The average molecular weight is 259 g/mol. The van der Waals surface area contributed by atoms with Crippen molar-refractivity contribution in [3.63, 3.8) is 0 Å². The maximum absolute atomic E-state index is 5.48. The van der Waals surface area contributed by atoms with E-state index in [9.17, 15) is 0 Å². The predicted molar refractivity (Wildman–Crippen MR) is 76.2 cm³/mol. The average Bonchev–Trinajstić information content (AvgIpc) is 2.42. The Labute approximate surface area is 113 Å². The molecule has 0 aliphatic carbocycles. The van der Waals surface area contributed by atoms with Crippen LogP contribution in [0.2, 0.25) is 0 Å². The third kappa shape index (κ3) is 3.94. The molecule has 0 saturated carbocycles. The van der Waals surface area contributed by atoms with Gasteiger partial charge in [0.05, 0.1) is 0 Å². The van der Waals surface area contributed by atoms with Crippen LogP contribution in [0, 0.1) is 0 Å². The fraction of sp³-hybridized carbons (Fsp3) is 0.125. The molecule has 0 saturated heterocycles. The van der Waals surface area contributed by atoms with Gasteiger partial charge in [-0.3, -0.25) is 0 Å². The van der Waals surface area contributed by atoms with Crippen molar-refractivity contribution in [1.29, 1.82) is 0 Å². The van der Waals surface area contributed by atoms with Gasteiger partial charge in [-0.1, -0.05) is 54.1 Å². The Hall–Kier alpha value is -1.73. The Balaban J connectivity index is 1.95. The second-order valence-electron chi connectivity index (χ2n) is 3.98. The highest BCUT2D eigenvalue weighted by Gasteiger charge is 1.97. The molecule has 0 aliphatic heterocycles. The SMILES string of the molecule is ClC=CCOc1ccc(Cc2ccccc2)cc1. The van der Waals surface area contributed by atoms with E-state index in [1.165, 1.54) is 16.7 Å². The summed E-state index contributed by atoms with van der Waals surface area (Å²) in [7, 11) is 0. The summed E-state index contributed by atoms with van der Waals surface area (Å²) in [5, 5.41) is 0. The molecule has 2 rings (SSSR count). The van der Waals surface area contributed by atoms with Gasteiger partial charge in [0, 0.05) is 5.54 Å². The predicted octanol–water partition coefficient (Wildman–Crippen LogP) is 4.41. The van der Waals surface area contributed by atoms with Crippen molar-refractivity contribution in [1.82, 2.24) is 0 Å². The van der Waals surface area contributed by atoms with Crippen LogP contribution in [0.25, 0.3) is 0 Å². The van der Waals surface area contributed by atoms with Crippen molar-refractivity contribution in [2.45, 2.75) is 6.42 Å². The van der Waals surface area contributed by atoms with Crippen molar-refractivity contribution in [2.75, 3.05) is 6.61 Å². The first-order valence-electron chi connectivity index (χ1n) is 5.89. The Bertz CT molecular complexity index is 488. The molecule has 0 fully saturated rings. The molecule has 92 valence electrons. The number of ether oxygens (including phenoxy) is 1. The lowest BCUT2D eigenvalue weighted by Crippen LogP contribution is -1.93. The van der Waals surface area contributed by atoms with E-state index in [4.69, 9.17) is 16.3 Å². The van der Waals surface area contributed by atoms with Crippen LogP contribution in [0.3, 0.4) is 0 Å². The lowest BCUT2D eigenvalue weighted by atomic mass is 10.1. The van der Waals surface area contributed by atoms with Gasteiger partial charge in [0.2, 0.25) is 0 Å². The first-order valence-corrected chi connectivity index (χ1v) is 6.33. The molecule has 0 aliphatic rings. The molecule has 2 heteroatoms. The number of hydrogen-bond donors (Lipinski definition) is 0. The van der Waals surface area contributed by atoms with Crippen molar-refractivity contribution >= 4 is 11.6 Å². The topological polar surface area (TPSA) is 9.23 Å². The van der Waals surface area contributed by atoms with Crippen molar-refractivity contribution < 1.29 is 4.74 Å². The third-order valence-corrected chi connectivity index (χ3v) is 2.79. The fourth-order valence-electron chi connectivity index (χ4n) is 1.72. The van der Waals surface area contributed by atoms with Crippen LogP contribution in [0.15, 0.2) is 66.2 Å². The van der Waals surface area contributed by atoms with Gasteiger partial charge in [0.1, 0.15) is 12.4 Å². The van der Waals surface area contributed by atoms with E-state index in [0.717, 1.165) is 12.2 Å². The summed E-state index contributed by atoms with van der Waals surface area (Å²) in [4.78, 5) is 0. The number of halogens is 1. The molecular weight excluding hydrogens is 244 g/mol. The highest BCUT2D eigenvalue weighted by atomic mass is 35.5. The van der Waals surface area contributed by atoms with Gasteiger partial charge in [0.25, 0.3) is 0 Å². The van der Waals surface area contributed by atoms with Crippen molar-refractivity contribution in [3.05, 3.63) is 77.3 Å². The second kappa shape index (κ2) is 6.87. The molecule has 0 N–H and O–H groups in total. The number of rotatable bonds is 5. The zero-order valence-electron chi connectivity index (χ0n) is 10.1. The maximum Gasteiger partial charge on any atom is 0.119 e. The summed E-state index contributed by atoms with van der Waals surface area (Å²) >= 11 is 5.42. The van der Waals surface area contributed by atoms with E-state index in [2.05, 4.69) is 36.4 Å². The monoisotopic (exact) mass is 258 g/mol. The molecule has 1 nitrogen and oxygen atoms in total. The van der Waals surface area contributed by atoms with Gasteiger partial charge in [-0.2, -0.15) is 0 Å². The normalized spacial score (nSPS) is 10.7. The first kappa shape index (κ1) is 12.7. The molecule has 0 spiro atoms. The van der Waals surface area contributed by atoms with E-state index in [0.29, 0.717) is 6.61 Å². The molecule has 0 unspecified atom stereocenters. The van der Waals surface area contributed by atoms with E-state index < -0.39 is 0 Å². The largest absolute Gasteiger partial charge is 0.490 e. The number of benzene rings is 2. The molecule has 2 aromatic carbocycles. The highest BCUT2D eigenvalue weighted by Crippen LogP contribution is 2.15. The molecule has 0 aromatic heterocycles. The van der Waals surface area contributed by atoms with E-state index >= 15 is 0 Å². The van der Waals surface area contributed by atoms with Gasteiger partial charge in [-0.15, -0.1) is 0 Å². The standard InChI is InChI=1S/C16H15ClO/c17-11-4-12-18-16-9-7-15(8-10-16)13-14-5-2-1-3-6-14/h1-11H,12-13H2. The fourth-order valence-corrected chi connectivity index (χ4v) is 1.79. The van der Waals surface area contributed by atoms with Gasteiger partial charge in [0.15, 0.2) is 0 Å². The second-order valence-corrected chi connectivity index (χ2v) is 4.23. The Morgan fingerprint density at radius 2 is 1.56 bits per heavy atom. The van der Waals surface area contributed by atoms with Crippen LogP contribution in [-0.4, -0.2) is 6.61 Å². The maximum atomic E-state index is 5.48. The molecule has 0 amide bonds. The van der Waals surface area contributed by atoms with E-state index in [-0.39, 0.29) is 0 Å². The Morgan fingerprint density at radius 3 is 2.22 bits per heavy atom. The summed E-state index contributed by atoms with van der Waals surface area (Å²) < 4.78 is 5.48. The lowest BCUT2D eigenvalue weighted by Gasteiger charge is -2.05. The van der Waals surface area contributed by atoms with E-state index in [1.54, 1.807) is 6.08 Å². The molecule has 0 bridgehead atoms. The number of hydrogen-bond acceptors (Lipinski definition) is 1. The molecule has 18 heavy (non-hydrogen) atoms. The smallest absolute Gasteiger partial charge is 0.119 e. The van der Waals surface area contributed by atoms with Crippen LogP contribution >= 0.6 is 11.6 Å². The minimum absolute atomic E-state index is 0.502. The Kier molecular flexibility index (Phi) is 4.86. The summed E-state index contributed by atoms with van der Waals surface area (Å²) in [6, 6.07) is 18.6. The first-order chi connectivity index (χ1) is 8.88. The van der Waals surface area contributed by atoms with Crippen LogP contribution in [0.4, 0.5) is 0 Å². The third-order valence-electron chi connectivity index (χ3n) is 2.61. The molecule has 0 heterocycles. The molecule has 0 atom stereocenters. The van der Waals surface area contributed by atoms with Crippen molar-refractivity contribution in [2.24, 2.45) is 0 Å². The summed E-state index contributed by atoms with van der Waals surface area (Å²) in [5.41, 5.74) is 4.06. The summed E-state index contributed by atoms with van der Waals surface area (Å²) in [6.45, 7) is 0.502. The van der Waals surface area contributed by atoms with Crippen molar-refractivity contribution in [3.8, 4) is 5.75 Å². The van der Waals surface area contributed by atoms with Crippen LogP contribution in [0.1, 0.15) is 11.1 Å². The Morgan fingerprint density at radius 1 is 0.889 bits per heavy atom. The molecular formula is C16H15ClO. The van der Waals surface area contributed by atoms with Gasteiger partial charge >= 0.3 is 0 Å². The zero-order valence-corrected chi connectivity index (χ0v) is 10.8. The van der Waals surface area contributed by atoms with Gasteiger partial charge < -0.3 is 4.74 Å². The quantitative estimate of drug-likeness (QED) is 0.772. The minimum atomic E-state index is 0.502. The summed E-state index contributed by atoms with van der Waals surface area (Å²) in [6.07, 6.45) is 2.71. The lowest BCUT2D eigenvalue weighted by molar-refractivity contribution is 0.363. The van der Waals surface area contributed by atoms with Crippen LogP contribution in [0.5, 0.6) is 5.75 Å². The van der Waals surface area contributed by atoms with Crippen LogP contribution in [-0.2, 0) is 6.42 Å². The summed E-state index contributed by atoms with van der Waals surface area (Å²) in [5.74, 6) is 0.863. The van der Waals surface area contributed by atoms with Gasteiger partial charge in [-0.25, -0.2) is 0 Å². The highest BCUT2D eigenvalue weighted by molar-refractivity contribution is 6.25. The minimum Gasteiger partial charge on any atom is -0.490 e. The van der Waals surface area contributed by atoms with Crippen LogP contribution < -0.4 is 4.74 Å². The zero-order chi connectivity index (χ0) is 12.6. The molecule has 0 radical (unpaired) electrons. The van der Waals surface area contributed by atoms with E-state index in [1.807, 2.05) is 18.2 Å².